The van der Waals surface area contributed by atoms with Gasteiger partial charge in [0.2, 0.25) is 0 Å². The van der Waals surface area contributed by atoms with Gasteiger partial charge in [-0.1, -0.05) is 88.7 Å². The van der Waals surface area contributed by atoms with Crippen LogP contribution in [0, 0.1) is 11.3 Å². The quantitative estimate of drug-likeness (QED) is 0.283. The molecule has 1 saturated carbocycles. The van der Waals surface area contributed by atoms with Crippen molar-refractivity contribution in [2.75, 3.05) is 20.8 Å². The summed E-state index contributed by atoms with van der Waals surface area (Å²) in [6, 6.07) is 23.3. The number of hydrogen-bond acceptors (Lipinski definition) is 3. The van der Waals surface area contributed by atoms with Gasteiger partial charge in [-0.2, -0.15) is 0 Å². The SMILES string of the molecule is COc1ccc(CN(CC2(C)CCCC3(C)c4ccc(C(C)C)cc4CCC23)C(=O)NCc2ccccc2)cc1OC. The highest BCUT2D eigenvalue weighted by Crippen LogP contribution is 2.57. The maximum atomic E-state index is 13.9. The number of carbonyl (C=O) groups is 1. The topological polar surface area (TPSA) is 50.8 Å². The van der Waals surface area contributed by atoms with Gasteiger partial charge in [-0.15, -0.1) is 0 Å². The van der Waals surface area contributed by atoms with Crippen LogP contribution < -0.4 is 14.8 Å². The molecule has 0 bridgehead atoms. The van der Waals surface area contributed by atoms with Crippen LogP contribution in [0.5, 0.6) is 11.5 Å². The Balaban J connectivity index is 1.43. The molecule has 1 fully saturated rings. The molecule has 2 aliphatic carbocycles. The molecule has 5 rings (SSSR count). The largest absolute Gasteiger partial charge is 0.493 e. The second-order valence-corrected chi connectivity index (χ2v) is 13.3. The van der Waals surface area contributed by atoms with Crippen molar-refractivity contribution < 1.29 is 14.3 Å². The first kappa shape index (κ1) is 30.0. The van der Waals surface area contributed by atoms with Gasteiger partial charge in [0.15, 0.2) is 11.5 Å². The van der Waals surface area contributed by atoms with E-state index in [4.69, 9.17) is 9.47 Å². The summed E-state index contributed by atoms with van der Waals surface area (Å²) in [7, 11) is 3.30. The summed E-state index contributed by atoms with van der Waals surface area (Å²) in [5, 5.41) is 3.22. The van der Waals surface area contributed by atoms with Crippen molar-refractivity contribution in [1.29, 1.82) is 0 Å². The van der Waals surface area contributed by atoms with Gasteiger partial charge in [-0.05, 0) is 88.3 Å². The molecule has 3 atom stereocenters. The third-order valence-corrected chi connectivity index (χ3v) is 10.1. The minimum Gasteiger partial charge on any atom is -0.493 e. The molecule has 1 N–H and O–H groups in total. The zero-order valence-electron chi connectivity index (χ0n) is 26.3. The highest BCUT2D eigenvalue weighted by atomic mass is 16.5. The highest BCUT2D eigenvalue weighted by molar-refractivity contribution is 5.74. The number of carbonyl (C=O) groups excluding carboxylic acids is 1. The van der Waals surface area contributed by atoms with Crippen molar-refractivity contribution in [2.24, 2.45) is 11.3 Å². The summed E-state index contributed by atoms with van der Waals surface area (Å²) in [4.78, 5) is 15.9. The van der Waals surface area contributed by atoms with E-state index in [0.717, 1.165) is 30.4 Å². The Bertz CT molecular complexity index is 1390. The lowest BCUT2D eigenvalue weighted by atomic mass is 9.49. The van der Waals surface area contributed by atoms with Crippen LogP contribution in [-0.4, -0.2) is 31.7 Å². The first-order valence-corrected chi connectivity index (χ1v) is 15.6. The van der Waals surface area contributed by atoms with E-state index in [1.54, 1.807) is 14.2 Å². The fraction of sp³-hybridized carbons (Fsp3) is 0.486. The first-order chi connectivity index (χ1) is 20.2. The average Bonchev–Trinajstić information content (AvgIpc) is 2.99. The number of methoxy groups -OCH3 is 2. The van der Waals surface area contributed by atoms with Gasteiger partial charge in [0.1, 0.15) is 0 Å². The predicted octanol–water partition coefficient (Wildman–Crippen LogP) is 8.25. The van der Waals surface area contributed by atoms with Gasteiger partial charge in [0, 0.05) is 19.6 Å². The van der Waals surface area contributed by atoms with Gasteiger partial charge in [0.05, 0.1) is 14.2 Å². The Morgan fingerprint density at radius 2 is 1.71 bits per heavy atom. The number of aryl methyl sites for hydroxylation is 1. The van der Waals surface area contributed by atoms with Crippen LogP contribution in [-0.2, 0) is 24.9 Å². The smallest absolute Gasteiger partial charge is 0.317 e. The van der Waals surface area contributed by atoms with E-state index < -0.39 is 0 Å². The Morgan fingerprint density at radius 3 is 2.43 bits per heavy atom. The van der Waals surface area contributed by atoms with Crippen LogP contribution in [0.4, 0.5) is 4.79 Å². The Kier molecular flexibility index (Phi) is 8.86. The maximum Gasteiger partial charge on any atom is 0.317 e. The molecule has 0 heterocycles. The minimum atomic E-state index is -0.0278. The van der Waals surface area contributed by atoms with E-state index >= 15 is 0 Å². The number of urea groups is 1. The van der Waals surface area contributed by atoms with Crippen LogP contribution in [0.15, 0.2) is 66.7 Å². The average molecular weight is 569 g/mol. The molecule has 42 heavy (non-hydrogen) atoms. The number of amides is 2. The van der Waals surface area contributed by atoms with E-state index in [0.29, 0.717) is 43.0 Å². The molecular weight excluding hydrogens is 520 g/mol. The molecule has 0 saturated heterocycles. The normalized spacial score (nSPS) is 23.1. The van der Waals surface area contributed by atoms with E-state index in [-0.39, 0.29) is 16.9 Å². The fourth-order valence-corrected chi connectivity index (χ4v) is 7.91. The zero-order chi connectivity index (χ0) is 29.9. The summed E-state index contributed by atoms with van der Waals surface area (Å²) >= 11 is 0. The second kappa shape index (κ2) is 12.4. The Hall–Kier alpha value is -3.47. The molecular formula is C37H48N2O3. The Labute approximate surface area is 252 Å². The number of ether oxygens (including phenoxy) is 2. The number of nitrogens with zero attached hydrogens (tertiary/aromatic N) is 1. The molecule has 2 aliphatic rings. The van der Waals surface area contributed by atoms with Crippen molar-refractivity contribution in [1.82, 2.24) is 10.2 Å². The molecule has 2 amide bonds. The van der Waals surface area contributed by atoms with Crippen molar-refractivity contribution >= 4 is 6.03 Å². The maximum absolute atomic E-state index is 13.9. The molecule has 5 heteroatoms. The second-order valence-electron chi connectivity index (χ2n) is 13.3. The van der Waals surface area contributed by atoms with Crippen LogP contribution >= 0.6 is 0 Å². The lowest BCUT2D eigenvalue weighted by Crippen LogP contribution is -2.54. The monoisotopic (exact) mass is 568 g/mol. The predicted molar refractivity (Wildman–Crippen MR) is 170 cm³/mol. The summed E-state index contributed by atoms with van der Waals surface area (Å²) in [6.07, 6.45) is 5.78. The summed E-state index contributed by atoms with van der Waals surface area (Å²) in [5.41, 5.74) is 6.75. The molecule has 0 spiro atoms. The van der Waals surface area contributed by atoms with Gasteiger partial charge >= 0.3 is 6.03 Å². The molecule has 3 aromatic rings. The molecule has 0 radical (unpaired) electrons. The summed E-state index contributed by atoms with van der Waals surface area (Å²) in [5.74, 6) is 2.42. The summed E-state index contributed by atoms with van der Waals surface area (Å²) < 4.78 is 11.1. The van der Waals surface area contributed by atoms with Gasteiger partial charge < -0.3 is 19.7 Å². The summed E-state index contributed by atoms with van der Waals surface area (Å²) in [6.45, 7) is 11.2. The minimum absolute atomic E-state index is 0.00204. The molecule has 0 aliphatic heterocycles. The van der Waals surface area contributed by atoms with Gasteiger partial charge in [0.25, 0.3) is 0 Å². The van der Waals surface area contributed by atoms with E-state index in [9.17, 15) is 4.79 Å². The van der Waals surface area contributed by atoms with Crippen molar-refractivity contribution in [3.8, 4) is 11.5 Å². The van der Waals surface area contributed by atoms with Crippen molar-refractivity contribution in [3.63, 3.8) is 0 Å². The number of hydrogen-bond donors (Lipinski definition) is 1. The molecule has 3 unspecified atom stereocenters. The third-order valence-electron chi connectivity index (χ3n) is 10.1. The fourth-order valence-electron chi connectivity index (χ4n) is 7.91. The van der Waals surface area contributed by atoms with Crippen LogP contribution in [0.3, 0.4) is 0 Å². The third kappa shape index (κ3) is 6.02. The van der Waals surface area contributed by atoms with Crippen LogP contribution in [0.25, 0.3) is 0 Å². The van der Waals surface area contributed by atoms with Crippen LogP contribution in [0.2, 0.25) is 0 Å². The standard InChI is InChI=1S/C37H48N2O3/c1-26(2)29-14-16-31-30(22-29)15-18-34-36(3,19-10-20-37(31,34)4)25-39(35(40)38-23-27-11-8-7-9-12-27)24-28-13-17-32(41-5)33(21-28)42-6/h7-9,11-14,16-17,21-22,26,34H,10,15,18-20,23-25H2,1-6H3,(H,38,40). The van der Waals surface area contributed by atoms with E-state index in [2.05, 4.69) is 63.3 Å². The number of benzene rings is 3. The van der Waals surface area contributed by atoms with E-state index in [1.807, 2.05) is 41.3 Å². The van der Waals surface area contributed by atoms with Gasteiger partial charge in [-0.25, -0.2) is 4.79 Å². The van der Waals surface area contributed by atoms with Crippen molar-refractivity contribution in [2.45, 2.75) is 84.2 Å². The van der Waals surface area contributed by atoms with Crippen molar-refractivity contribution in [3.05, 3.63) is 94.5 Å². The molecule has 3 aromatic carbocycles. The van der Waals surface area contributed by atoms with Crippen LogP contribution in [0.1, 0.15) is 87.1 Å². The lowest BCUT2D eigenvalue weighted by molar-refractivity contribution is 0.00340. The molecule has 224 valence electrons. The van der Waals surface area contributed by atoms with E-state index in [1.165, 1.54) is 29.5 Å². The zero-order valence-corrected chi connectivity index (χ0v) is 26.3. The lowest BCUT2D eigenvalue weighted by Gasteiger charge is -2.56. The number of fused-ring (bicyclic) bond motifs is 3. The molecule has 0 aromatic heterocycles. The molecule has 5 nitrogen and oxygen atoms in total. The Morgan fingerprint density at radius 1 is 0.952 bits per heavy atom. The highest BCUT2D eigenvalue weighted by Gasteiger charge is 2.52. The number of rotatable bonds is 9. The van der Waals surface area contributed by atoms with Gasteiger partial charge in [-0.3, -0.25) is 0 Å². The number of nitrogens with one attached hydrogen (secondary N) is 1. The first-order valence-electron chi connectivity index (χ1n) is 15.6.